The highest BCUT2D eigenvalue weighted by molar-refractivity contribution is 6.05. The van der Waals surface area contributed by atoms with Crippen LogP contribution in [0.3, 0.4) is 0 Å². The van der Waals surface area contributed by atoms with Crippen LogP contribution in [0.2, 0.25) is 0 Å². The maximum atomic E-state index is 12.6. The predicted octanol–water partition coefficient (Wildman–Crippen LogP) is 2.29. The van der Waals surface area contributed by atoms with Gasteiger partial charge in [0.25, 0.3) is 11.8 Å². The maximum absolute atomic E-state index is 12.6. The van der Waals surface area contributed by atoms with Gasteiger partial charge < -0.3 is 16.4 Å². The molecule has 0 fully saturated rings. The molecule has 28 heavy (non-hydrogen) atoms. The SMILES string of the molecule is NC(=O)C(NC(=O)c1cccc(NC(=O)c2cccnc2)c1)c1ccccc1. The zero-order valence-corrected chi connectivity index (χ0v) is 14.8. The molecule has 4 N–H and O–H groups in total. The molecule has 1 aromatic heterocycles. The first-order chi connectivity index (χ1) is 13.5. The van der Waals surface area contributed by atoms with Crippen molar-refractivity contribution < 1.29 is 14.4 Å². The van der Waals surface area contributed by atoms with Crippen molar-refractivity contribution in [3.63, 3.8) is 0 Å². The first kappa shape index (κ1) is 18.8. The van der Waals surface area contributed by atoms with E-state index in [4.69, 9.17) is 5.73 Å². The summed E-state index contributed by atoms with van der Waals surface area (Å²) >= 11 is 0. The van der Waals surface area contributed by atoms with E-state index in [2.05, 4.69) is 15.6 Å². The highest BCUT2D eigenvalue weighted by Gasteiger charge is 2.21. The quantitative estimate of drug-likeness (QED) is 0.614. The lowest BCUT2D eigenvalue weighted by atomic mass is 10.1. The van der Waals surface area contributed by atoms with Crippen LogP contribution in [0.4, 0.5) is 5.69 Å². The van der Waals surface area contributed by atoms with Crippen molar-refractivity contribution >= 4 is 23.4 Å². The van der Waals surface area contributed by atoms with E-state index in [0.717, 1.165) is 0 Å². The minimum absolute atomic E-state index is 0.283. The Bertz CT molecular complexity index is 991. The third kappa shape index (κ3) is 4.59. The predicted molar refractivity (Wildman–Crippen MR) is 104 cm³/mol. The van der Waals surface area contributed by atoms with Crippen molar-refractivity contribution in [2.45, 2.75) is 6.04 Å². The zero-order valence-electron chi connectivity index (χ0n) is 14.8. The molecule has 0 spiro atoms. The lowest BCUT2D eigenvalue weighted by Crippen LogP contribution is -2.37. The number of amides is 3. The van der Waals surface area contributed by atoms with Crippen LogP contribution in [0.15, 0.2) is 79.1 Å². The molecule has 1 unspecified atom stereocenters. The van der Waals surface area contributed by atoms with Crippen LogP contribution in [0, 0.1) is 0 Å². The second-order valence-corrected chi connectivity index (χ2v) is 6.00. The highest BCUT2D eigenvalue weighted by atomic mass is 16.2. The molecule has 0 radical (unpaired) electrons. The molecule has 0 saturated heterocycles. The van der Waals surface area contributed by atoms with Crippen molar-refractivity contribution in [2.75, 3.05) is 5.32 Å². The summed E-state index contributed by atoms with van der Waals surface area (Å²) in [6.45, 7) is 0. The smallest absolute Gasteiger partial charge is 0.257 e. The fraction of sp³-hybridized carbons (Fsp3) is 0.0476. The molecule has 1 atom stereocenters. The maximum Gasteiger partial charge on any atom is 0.257 e. The highest BCUT2D eigenvalue weighted by Crippen LogP contribution is 2.16. The Kier molecular flexibility index (Phi) is 5.76. The van der Waals surface area contributed by atoms with E-state index < -0.39 is 17.9 Å². The zero-order chi connectivity index (χ0) is 19.9. The summed E-state index contributed by atoms with van der Waals surface area (Å²) in [7, 11) is 0. The van der Waals surface area contributed by atoms with Gasteiger partial charge in [0.05, 0.1) is 5.56 Å². The van der Waals surface area contributed by atoms with E-state index in [1.807, 2.05) is 0 Å². The summed E-state index contributed by atoms with van der Waals surface area (Å²) in [4.78, 5) is 40.5. The molecule has 0 aliphatic carbocycles. The Morgan fingerprint density at radius 3 is 2.29 bits per heavy atom. The van der Waals surface area contributed by atoms with E-state index >= 15 is 0 Å². The first-order valence-electron chi connectivity index (χ1n) is 8.51. The minimum atomic E-state index is -0.956. The fourth-order valence-corrected chi connectivity index (χ4v) is 2.62. The number of primary amides is 1. The molecule has 0 aliphatic heterocycles. The molecule has 3 amide bonds. The fourth-order valence-electron chi connectivity index (χ4n) is 2.62. The van der Waals surface area contributed by atoms with Gasteiger partial charge in [0, 0.05) is 23.6 Å². The van der Waals surface area contributed by atoms with E-state index in [9.17, 15) is 14.4 Å². The average molecular weight is 374 g/mol. The lowest BCUT2D eigenvalue weighted by Gasteiger charge is -2.16. The second-order valence-electron chi connectivity index (χ2n) is 6.00. The van der Waals surface area contributed by atoms with Gasteiger partial charge in [-0.05, 0) is 35.9 Å². The van der Waals surface area contributed by atoms with Gasteiger partial charge in [-0.15, -0.1) is 0 Å². The third-order valence-corrected chi connectivity index (χ3v) is 4.00. The van der Waals surface area contributed by atoms with E-state index in [1.165, 1.54) is 12.3 Å². The topological polar surface area (TPSA) is 114 Å². The first-order valence-corrected chi connectivity index (χ1v) is 8.51. The van der Waals surface area contributed by atoms with E-state index in [1.54, 1.807) is 66.9 Å². The monoisotopic (exact) mass is 374 g/mol. The summed E-state index contributed by atoms with van der Waals surface area (Å²) in [5.41, 5.74) is 7.15. The summed E-state index contributed by atoms with van der Waals surface area (Å²) in [6.07, 6.45) is 3.02. The number of anilines is 1. The van der Waals surface area contributed by atoms with Gasteiger partial charge in [-0.25, -0.2) is 0 Å². The van der Waals surface area contributed by atoms with Gasteiger partial charge in [0.15, 0.2) is 0 Å². The number of hydrogen-bond donors (Lipinski definition) is 3. The van der Waals surface area contributed by atoms with Crippen LogP contribution in [-0.2, 0) is 4.79 Å². The van der Waals surface area contributed by atoms with Gasteiger partial charge in [0.2, 0.25) is 5.91 Å². The van der Waals surface area contributed by atoms with Crippen LogP contribution >= 0.6 is 0 Å². The Labute approximate surface area is 161 Å². The normalized spacial score (nSPS) is 11.3. The van der Waals surface area contributed by atoms with Crippen molar-refractivity contribution in [1.29, 1.82) is 0 Å². The van der Waals surface area contributed by atoms with Gasteiger partial charge in [-0.2, -0.15) is 0 Å². The molecule has 3 aromatic rings. The number of carbonyl (C=O) groups is 3. The molecule has 0 bridgehead atoms. The summed E-state index contributed by atoms with van der Waals surface area (Å²) in [5.74, 6) is -1.49. The lowest BCUT2D eigenvalue weighted by molar-refractivity contribution is -0.120. The standard InChI is InChI=1S/C21H18N4O3/c22-19(26)18(14-6-2-1-3-7-14)25-20(27)15-8-4-10-17(12-15)24-21(28)16-9-5-11-23-13-16/h1-13,18H,(H2,22,26)(H,24,28)(H,25,27). The van der Waals surface area contributed by atoms with Gasteiger partial charge in [-0.3, -0.25) is 19.4 Å². The number of nitrogens with zero attached hydrogens (tertiary/aromatic N) is 1. The number of pyridine rings is 1. The molecule has 2 aromatic carbocycles. The van der Waals surface area contributed by atoms with Crippen LogP contribution in [0.1, 0.15) is 32.3 Å². The Hall–Kier alpha value is -4.00. The van der Waals surface area contributed by atoms with Gasteiger partial charge >= 0.3 is 0 Å². The molecule has 0 aliphatic rings. The number of aromatic nitrogens is 1. The number of nitrogens with one attached hydrogen (secondary N) is 2. The summed E-state index contributed by atoms with van der Waals surface area (Å²) in [5, 5.41) is 5.34. The van der Waals surface area contributed by atoms with Gasteiger partial charge in [-0.1, -0.05) is 36.4 Å². The second kappa shape index (κ2) is 8.59. The Balaban J connectivity index is 1.74. The third-order valence-electron chi connectivity index (χ3n) is 4.00. The van der Waals surface area contributed by atoms with E-state index in [0.29, 0.717) is 16.8 Å². The molecule has 3 rings (SSSR count). The summed E-state index contributed by atoms with van der Waals surface area (Å²) < 4.78 is 0. The number of benzene rings is 2. The van der Waals surface area contributed by atoms with Gasteiger partial charge in [0.1, 0.15) is 6.04 Å². The van der Waals surface area contributed by atoms with Crippen molar-refractivity contribution in [2.24, 2.45) is 5.73 Å². The van der Waals surface area contributed by atoms with Crippen molar-refractivity contribution in [1.82, 2.24) is 10.3 Å². The van der Waals surface area contributed by atoms with Crippen LogP contribution in [-0.4, -0.2) is 22.7 Å². The van der Waals surface area contributed by atoms with Crippen molar-refractivity contribution in [3.05, 3.63) is 95.8 Å². The average Bonchev–Trinajstić information content (AvgIpc) is 2.73. The van der Waals surface area contributed by atoms with Crippen molar-refractivity contribution in [3.8, 4) is 0 Å². The largest absolute Gasteiger partial charge is 0.368 e. The van der Waals surface area contributed by atoms with E-state index in [-0.39, 0.29) is 11.5 Å². The number of rotatable bonds is 6. The van der Waals surface area contributed by atoms with Crippen LogP contribution in [0.25, 0.3) is 0 Å². The Morgan fingerprint density at radius 2 is 1.61 bits per heavy atom. The molecule has 0 saturated carbocycles. The molecule has 140 valence electrons. The number of carbonyl (C=O) groups excluding carboxylic acids is 3. The Morgan fingerprint density at radius 1 is 0.857 bits per heavy atom. The molecule has 1 heterocycles. The number of hydrogen-bond acceptors (Lipinski definition) is 4. The molecule has 7 nitrogen and oxygen atoms in total. The number of nitrogens with two attached hydrogens (primary N) is 1. The minimum Gasteiger partial charge on any atom is -0.368 e. The molecular weight excluding hydrogens is 356 g/mol. The van der Waals surface area contributed by atoms with Crippen LogP contribution in [0.5, 0.6) is 0 Å². The molecule has 7 heteroatoms. The summed E-state index contributed by atoms with van der Waals surface area (Å²) in [6, 6.07) is 17.5. The molecular formula is C21H18N4O3. The van der Waals surface area contributed by atoms with Crippen LogP contribution < -0.4 is 16.4 Å².